The topological polar surface area (TPSA) is 51.0 Å². The van der Waals surface area contributed by atoms with Gasteiger partial charge in [-0.2, -0.15) is 0 Å². The van der Waals surface area contributed by atoms with Crippen molar-refractivity contribution in [1.82, 2.24) is 19.7 Å². The maximum atomic E-state index is 12.4. The quantitative estimate of drug-likeness (QED) is 0.814. The average Bonchev–Trinajstić information content (AvgIpc) is 3.17. The molecule has 0 spiro atoms. The smallest absolute Gasteiger partial charge is 0.233 e. The van der Waals surface area contributed by atoms with E-state index in [9.17, 15) is 4.79 Å². The Kier molecular flexibility index (Phi) is 4.07. The molecule has 1 aliphatic rings. The first kappa shape index (κ1) is 13.6. The minimum absolute atomic E-state index is 0.189. The molecule has 2 aromatic rings. The van der Waals surface area contributed by atoms with Crippen LogP contribution in [0.3, 0.4) is 0 Å². The van der Waals surface area contributed by atoms with Gasteiger partial charge < -0.3 is 9.47 Å². The fourth-order valence-electron chi connectivity index (χ4n) is 2.45. The molecule has 0 aromatic carbocycles. The van der Waals surface area contributed by atoms with Crippen molar-refractivity contribution in [1.29, 1.82) is 0 Å². The van der Waals surface area contributed by atoms with Crippen LogP contribution in [-0.4, -0.2) is 37.9 Å². The summed E-state index contributed by atoms with van der Waals surface area (Å²) in [6.07, 6.45) is 3.81. The van der Waals surface area contributed by atoms with Crippen LogP contribution in [0.15, 0.2) is 29.0 Å². The maximum Gasteiger partial charge on any atom is 0.233 e. The minimum Gasteiger partial charge on any atom is -0.334 e. The highest BCUT2D eigenvalue weighted by molar-refractivity contribution is 7.99. The Morgan fingerprint density at radius 1 is 1.60 bits per heavy atom. The lowest BCUT2D eigenvalue weighted by molar-refractivity contribution is -0.129. The van der Waals surface area contributed by atoms with Crippen molar-refractivity contribution in [3.05, 3.63) is 28.7 Å². The van der Waals surface area contributed by atoms with Crippen LogP contribution in [0.1, 0.15) is 23.8 Å². The highest BCUT2D eigenvalue weighted by Gasteiger charge is 2.30. The predicted octanol–water partition coefficient (Wildman–Crippen LogP) is 2.33. The van der Waals surface area contributed by atoms with Crippen LogP contribution in [0.4, 0.5) is 0 Å². The molecule has 1 atom stereocenters. The molecule has 0 bridgehead atoms. The predicted molar refractivity (Wildman–Crippen MR) is 79.7 cm³/mol. The highest BCUT2D eigenvalue weighted by Crippen LogP contribution is 2.35. The number of thioether (sulfide) groups is 1. The molecule has 1 saturated heterocycles. The van der Waals surface area contributed by atoms with Crippen molar-refractivity contribution in [3.8, 4) is 0 Å². The standard InChI is InChI=1S/C13H16N4OS2/c1-16-9-14-15-13(16)20-8-12(18)17-6-2-4-10(17)11-5-3-7-19-11/h3,5,7,9-10H,2,4,6,8H2,1H3. The van der Waals surface area contributed by atoms with Gasteiger partial charge in [-0.3, -0.25) is 4.79 Å². The molecular weight excluding hydrogens is 292 g/mol. The third-order valence-corrected chi connectivity index (χ3v) is 5.43. The number of aromatic nitrogens is 3. The first-order valence-electron chi connectivity index (χ1n) is 6.55. The Labute approximate surface area is 126 Å². The highest BCUT2D eigenvalue weighted by atomic mass is 32.2. The molecule has 1 aliphatic heterocycles. The van der Waals surface area contributed by atoms with Crippen LogP contribution < -0.4 is 0 Å². The van der Waals surface area contributed by atoms with Gasteiger partial charge in [-0.05, 0) is 24.3 Å². The van der Waals surface area contributed by atoms with Gasteiger partial charge in [0.1, 0.15) is 6.33 Å². The first-order chi connectivity index (χ1) is 9.75. The van der Waals surface area contributed by atoms with Gasteiger partial charge in [0.05, 0.1) is 11.8 Å². The van der Waals surface area contributed by atoms with Gasteiger partial charge in [0.15, 0.2) is 5.16 Å². The van der Waals surface area contributed by atoms with Crippen molar-refractivity contribution in [3.63, 3.8) is 0 Å². The van der Waals surface area contributed by atoms with Crippen LogP contribution >= 0.6 is 23.1 Å². The third kappa shape index (κ3) is 2.73. The second-order valence-corrected chi connectivity index (χ2v) is 6.70. The summed E-state index contributed by atoms with van der Waals surface area (Å²) in [7, 11) is 1.89. The number of amides is 1. The Hall–Kier alpha value is -1.34. The van der Waals surface area contributed by atoms with E-state index in [2.05, 4.69) is 27.7 Å². The summed E-state index contributed by atoms with van der Waals surface area (Å²) < 4.78 is 1.83. The molecule has 3 rings (SSSR count). The van der Waals surface area contributed by atoms with Crippen molar-refractivity contribution in [2.24, 2.45) is 7.05 Å². The van der Waals surface area contributed by atoms with E-state index in [0.717, 1.165) is 24.5 Å². The third-order valence-electron chi connectivity index (χ3n) is 3.44. The van der Waals surface area contributed by atoms with Crippen molar-refractivity contribution in [2.75, 3.05) is 12.3 Å². The molecule has 1 amide bonds. The molecule has 1 fully saturated rings. The fourth-order valence-corrected chi connectivity index (χ4v) is 4.10. The van der Waals surface area contributed by atoms with Gasteiger partial charge >= 0.3 is 0 Å². The summed E-state index contributed by atoms with van der Waals surface area (Å²) in [5.74, 6) is 0.614. The lowest BCUT2D eigenvalue weighted by Crippen LogP contribution is -2.31. The minimum atomic E-state index is 0.189. The molecule has 2 aromatic heterocycles. The van der Waals surface area contributed by atoms with Gasteiger partial charge in [-0.25, -0.2) is 0 Å². The molecule has 3 heterocycles. The molecule has 0 aliphatic carbocycles. The number of nitrogens with zero attached hydrogens (tertiary/aromatic N) is 4. The van der Waals surface area contributed by atoms with Crippen molar-refractivity contribution < 1.29 is 4.79 Å². The van der Waals surface area contributed by atoms with Gasteiger partial charge in [0.2, 0.25) is 5.91 Å². The summed E-state index contributed by atoms with van der Waals surface area (Å²) in [5, 5.41) is 10.7. The Morgan fingerprint density at radius 3 is 3.20 bits per heavy atom. The van der Waals surface area contributed by atoms with E-state index in [1.54, 1.807) is 17.7 Å². The van der Waals surface area contributed by atoms with Crippen LogP contribution in [0, 0.1) is 0 Å². The van der Waals surface area contributed by atoms with E-state index >= 15 is 0 Å². The number of hydrogen-bond donors (Lipinski definition) is 0. The van der Waals surface area contributed by atoms with Crippen LogP contribution in [-0.2, 0) is 11.8 Å². The molecule has 0 saturated carbocycles. The normalized spacial score (nSPS) is 18.6. The van der Waals surface area contributed by atoms with Crippen LogP contribution in [0.25, 0.3) is 0 Å². The number of thiophene rings is 1. The SMILES string of the molecule is Cn1cnnc1SCC(=O)N1CCCC1c1cccs1. The lowest BCUT2D eigenvalue weighted by Gasteiger charge is -2.23. The van der Waals surface area contributed by atoms with E-state index in [1.807, 2.05) is 16.5 Å². The number of rotatable bonds is 4. The number of carbonyl (C=O) groups is 1. The molecule has 5 nitrogen and oxygen atoms in total. The lowest BCUT2D eigenvalue weighted by atomic mass is 10.2. The van der Waals surface area contributed by atoms with E-state index in [-0.39, 0.29) is 11.9 Å². The summed E-state index contributed by atoms with van der Waals surface area (Å²) in [6.45, 7) is 0.862. The van der Waals surface area contributed by atoms with E-state index in [4.69, 9.17) is 0 Å². The van der Waals surface area contributed by atoms with Crippen molar-refractivity contribution in [2.45, 2.75) is 24.0 Å². The van der Waals surface area contributed by atoms with Gasteiger partial charge in [0.25, 0.3) is 0 Å². The molecule has 106 valence electrons. The number of carbonyl (C=O) groups excluding carboxylic acids is 1. The van der Waals surface area contributed by atoms with Crippen LogP contribution in [0.5, 0.6) is 0 Å². The van der Waals surface area contributed by atoms with Gasteiger partial charge in [0, 0.05) is 18.5 Å². The summed E-state index contributed by atoms with van der Waals surface area (Å²) in [5.41, 5.74) is 0. The largest absolute Gasteiger partial charge is 0.334 e. The van der Waals surface area contributed by atoms with Crippen molar-refractivity contribution >= 4 is 29.0 Å². The zero-order chi connectivity index (χ0) is 13.9. The summed E-state index contributed by atoms with van der Waals surface area (Å²) in [4.78, 5) is 15.7. The van der Waals surface area contributed by atoms with Crippen LogP contribution in [0.2, 0.25) is 0 Å². The van der Waals surface area contributed by atoms with Gasteiger partial charge in [-0.1, -0.05) is 17.8 Å². The maximum absolute atomic E-state index is 12.4. The second kappa shape index (κ2) is 5.97. The molecular formula is C13H16N4OS2. The second-order valence-electron chi connectivity index (χ2n) is 4.77. The Morgan fingerprint density at radius 2 is 2.50 bits per heavy atom. The number of aryl methyl sites for hydroxylation is 1. The zero-order valence-electron chi connectivity index (χ0n) is 11.2. The molecule has 7 heteroatoms. The Balaban J connectivity index is 1.63. The first-order valence-corrected chi connectivity index (χ1v) is 8.42. The summed E-state index contributed by atoms with van der Waals surface area (Å²) >= 11 is 3.18. The molecule has 0 radical (unpaired) electrons. The molecule has 20 heavy (non-hydrogen) atoms. The van der Waals surface area contributed by atoms with Gasteiger partial charge in [-0.15, -0.1) is 21.5 Å². The summed E-state index contributed by atoms with van der Waals surface area (Å²) in [6, 6.07) is 4.44. The molecule has 0 N–H and O–H groups in total. The van der Waals surface area contributed by atoms with E-state index in [1.165, 1.54) is 16.6 Å². The Bertz CT molecular complexity index is 581. The fraction of sp³-hybridized carbons (Fsp3) is 0.462. The number of hydrogen-bond acceptors (Lipinski definition) is 5. The van der Waals surface area contributed by atoms with E-state index < -0.39 is 0 Å². The van der Waals surface area contributed by atoms with E-state index in [0.29, 0.717) is 5.75 Å². The zero-order valence-corrected chi connectivity index (χ0v) is 12.9. The average molecular weight is 308 g/mol. The number of likely N-dealkylation sites (tertiary alicyclic amines) is 1. The molecule has 1 unspecified atom stereocenters. The monoisotopic (exact) mass is 308 g/mol.